The molecule has 0 saturated heterocycles. The Bertz CT molecular complexity index is 542. The molecule has 0 fully saturated rings. The van der Waals surface area contributed by atoms with Crippen LogP contribution in [0.5, 0.6) is 0 Å². The minimum absolute atomic E-state index is 0.449. The summed E-state index contributed by atoms with van der Waals surface area (Å²) in [4.78, 5) is 22.6. The summed E-state index contributed by atoms with van der Waals surface area (Å²) in [6.45, 7) is 6.62. The first-order chi connectivity index (χ1) is 8.65. The van der Waals surface area contributed by atoms with Crippen molar-refractivity contribution in [1.29, 1.82) is 0 Å². The van der Waals surface area contributed by atoms with Crippen molar-refractivity contribution in [3.8, 4) is 0 Å². The summed E-state index contributed by atoms with van der Waals surface area (Å²) in [5.41, 5.74) is 1.34. The third kappa shape index (κ3) is 3.43. The van der Waals surface area contributed by atoms with Crippen LogP contribution in [-0.2, 0) is 16.6 Å². The van der Waals surface area contributed by atoms with E-state index in [2.05, 4.69) is 10.4 Å². The van der Waals surface area contributed by atoms with Crippen molar-refractivity contribution in [2.45, 2.75) is 33.2 Å². The molecule has 1 aromatic rings. The number of aromatic nitrogens is 2. The number of carbonyl (C=O) groups excluding carboxylic acids is 1. The third-order valence-electron chi connectivity index (χ3n) is 2.94. The Hall–Kier alpha value is -2.11. The van der Waals surface area contributed by atoms with Crippen LogP contribution in [0, 0.1) is 13.8 Å². The fourth-order valence-electron chi connectivity index (χ4n) is 1.59. The van der Waals surface area contributed by atoms with Crippen molar-refractivity contribution in [2.24, 2.45) is 7.05 Å². The lowest BCUT2D eigenvalue weighted by molar-refractivity contribution is -0.145. The first-order valence-corrected chi connectivity index (χ1v) is 5.89. The molecule has 1 aromatic heterocycles. The Kier molecular flexibility index (Phi) is 4.14. The first-order valence-electron chi connectivity index (χ1n) is 5.89. The highest BCUT2D eigenvalue weighted by atomic mass is 16.4. The molecular formula is C13H19N3O3. The van der Waals surface area contributed by atoms with Gasteiger partial charge in [0.15, 0.2) is 0 Å². The first kappa shape index (κ1) is 14.9. The van der Waals surface area contributed by atoms with E-state index in [4.69, 9.17) is 5.11 Å². The summed E-state index contributed by atoms with van der Waals surface area (Å²) < 4.78 is 1.73. The second-order valence-corrected chi connectivity index (χ2v) is 4.96. The van der Waals surface area contributed by atoms with Gasteiger partial charge in [-0.3, -0.25) is 9.48 Å². The number of nitrogens with one attached hydrogen (secondary N) is 1. The van der Waals surface area contributed by atoms with Gasteiger partial charge < -0.3 is 10.4 Å². The zero-order chi connectivity index (χ0) is 14.8. The Morgan fingerprint density at radius 3 is 2.37 bits per heavy atom. The second kappa shape index (κ2) is 5.26. The highest BCUT2D eigenvalue weighted by Crippen LogP contribution is 2.13. The standard InChI is InChI=1S/C13H19N3O3/c1-8-10(9(2)16(5)15-8)6-7-11(17)14-13(3,4)12(18)19/h6-7H,1-5H3,(H,14,17)(H,18,19). The maximum Gasteiger partial charge on any atom is 0.328 e. The summed E-state index contributed by atoms with van der Waals surface area (Å²) in [5.74, 6) is -1.53. The Balaban J connectivity index is 2.83. The molecule has 0 atom stereocenters. The van der Waals surface area contributed by atoms with E-state index in [0.29, 0.717) is 0 Å². The van der Waals surface area contributed by atoms with E-state index in [1.165, 1.54) is 19.9 Å². The molecule has 0 aliphatic carbocycles. The van der Waals surface area contributed by atoms with E-state index in [-0.39, 0.29) is 0 Å². The lowest BCUT2D eigenvalue weighted by Crippen LogP contribution is -2.49. The summed E-state index contributed by atoms with van der Waals surface area (Å²) in [7, 11) is 1.83. The zero-order valence-corrected chi connectivity index (χ0v) is 11.8. The molecule has 0 aliphatic rings. The van der Waals surface area contributed by atoms with Crippen molar-refractivity contribution in [1.82, 2.24) is 15.1 Å². The number of aryl methyl sites for hydroxylation is 2. The van der Waals surface area contributed by atoms with Gasteiger partial charge in [0.2, 0.25) is 5.91 Å². The fourth-order valence-corrected chi connectivity index (χ4v) is 1.59. The average molecular weight is 265 g/mol. The number of hydrogen-bond acceptors (Lipinski definition) is 3. The van der Waals surface area contributed by atoms with Crippen molar-refractivity contribution in [2.75, 3.05) is 0 Å². The monoisotopic (exact) mass is 265 g/mol. The Morgan fingerprint density at radius 1 is 1.37 bits per heavy atom. The maximum atomic E-state index is 11.7. The number of carbonyl (C=O) groups is 2. The van der Waals surface area contributed by atoms with E-state index < -0.39 is 17.4 Å². The van der Waals surface area contributed by atoms with Crippen LogP contribution < -0.4 is 5.32 Å². The smallest absolute Gasteiger partial charge is 0.328 e. The molecule has 6 heteroatoms. The van der Waals surface area contributed by atoms with Gasteiger partial charge in [-0.2, -0.15) is 5.10 Å². The molecule has 1 rings (SSSR count). The topological polar surface area (TPSA) is 84.2 Å². The molecule has 0 unspecified atom stereocenters. The second-order valence-electron chi connectivity index (χ2n) is 4.96. The van der Waals surface area contributed by atoms with Crippen LogP contribution in [0.3, 0.4) is 0 Å². The number of aliphatic carboxylic acids is 1. The lowest BCUT2D eigenvalue weighted by atomic mass is 10.1. The summed E-state index contributed by atoms with van der Waals surface area (Å²) in [5, 5.41) is 15.6. The predicted molar refractivity (Wildman–Crippen MR) is 71.6 cm³/mol. The maximum absolute atomic E-state index is 11.7. The largest absolute Gasteiger partial charge is 0.480 e. The molecule has 6 nitrogen and oxygen atoms in total. The van der Waals surface area contributed by atoms with E-state index >= 15 is 0 Å². The number of carboxylic acids is 1. The molecule has 0 spiro atoms. The molecule has 19 heavy (non-hydrogen) atoms. The van der Waals surface area contributed by atoms with Gasteiger partial charge in [-0.05, 0) is 33.8 Å². The Labute approximate surface area is 112 Å². The van der Waals surface area contributed by atoms with Gasteiger partial charge in [-0.1, -0.05) is 0 Å². The Morgan fingerprint density at radius 2 is 1.95 bits per heavy atom. The van der Waals surface area contributed by atoms with Crippen LogP contribution in [-0.4, -0.2) is 32.3 Å². The van der Waals surface area contributed by atoms with Gasteiger partial charge in [0, 0.05) is 24.4 Å². The quantitative estimate of drug-likeness (QED) is 0.796. The minimum atomic E-state index is -1.29. The molecule has 104 valence electrons. The molecule has 0 saturated carbocycles. The molecule has 0 aliphatic heterocycles. The normalized spacial score (nSPS) is 11.8. The van der Waals surface area contributed by atoms with Crippen LogP contribution in [0.15, 0.2) is 6.08 Å². The zero-order valence-electron chi connectivity index (χ0n) is 11.8. The molecule has 0 aromatic carbocycles. The van der Waals surface area contributed by atoms with Crippen molar-refractivity contribution >= 4 is 18.0 Å². The van der Waals surface area contributed by atoms with Crippen LogP contribution >= 0.6 is 0 Å². The minimum Gasteiger partial charge on any atom is -0.480 e. The van der Waals surface area contributed by atoms with Crippen LogP contribution in [0.1, 0.15) is 30.8 Å². The lowest BCUT2D eigenvalue weighted by Gasteiger charge is -2.19. The van der Waals surface area contributed by atoms with E-state index in [1.807, 2.05) is 20.9 Å². The van der Waals surface area contributed by atoms with E-state index in [1.54, 1.807) is 10.8 Å². The van der Waals surface area contributed by atoms with Gasteiger partial charge >= 0.3 is 5.97 Å². The third-order valence-corrected chi connectivity index (χ3v) is 2.94. The van der Waals surface area contributed by atoms with Crippen molar-refractivity contribution in [3.63, 3.8) is 0 Å². The van der Waals surface area contributed by atoms with Gasteiger partial charge in [0.05, 0.1) is 5.69 Å². The highest BCUT2D eigenvalue weighted by Gasteiger charge is 2.28. The summed E-state index contributed by atoms with van der Waals surface area (Å²) in [6.07, 6.45) is 2.96. The summed E-state index contributed by atoms with van der Waals surface area (Å²) >= 11 is 0. The SMILES string of the molecule is Cc1nn(C)c(C)c1C=CC(=O)NC(C)(C)C(=O)O. The predicted octanol–water partition coefficient (Wildman–Crippen LogP) is 1.03. The van der Waals surface area contributed by atoms with Gasteiger partial charge in [0.1, 0.15) is 5.54 Å². The van der Waals surface area contributed by atoms with Gasteiger partial charge in [-0.15, -0.1) is 0 Å². The highest BCUT2D eigenvalue weighted by molar-refractivity contribution is 5.95. The van der Waals surface area contributed by atoms with Crippen LogP contribution in [0.25, 0.3) is 6.08 Å². The van der Waals surface area contributed by atoms with Crippen molar-refractivity contribution < 1.29 is 14.7 Å². The average Bonchev–Trinajstić information content (AvgIpc) is 2.50. The fraction of sp³-hybridized carbons (Fsp3) is 0.462. The van der Waals surface area contributed by atoms with E-state index in [0.717, 1.165) is 17.0 Å². The van der Waals surface area contributed by atoms with Gasteiger partial charge in [-0.25, -0.2) is 4.79 Å². The number of hydrogen-bond donors (Lipinski definition) is 2. The van der Waals surface area contributed by atoms with Crippen LogP contribution in [0.2, 0.25) is 0 Å². The molecule has 2 N–H and O–H groups in total. The number of nitrogens with zero attached hydrogens (tertiary/aromatic N) is 2. The van der Waals surface area contributed by atoms with Crippen molar-refractivity contribution in [3.05, 3.63) is 23.0 Å². The van der Waals surface area contributed by atoms with Crippen LogP contribution in [0.4, 0.5) is 0 Å². The molecular weight excluding hydrogens is 246 g/mol. The molecule has 0 radical (unpaired) electrons. The molecule has 0 bridgehead atoms. The molecule has 1 heterocycles. The number of amides is 1. The number of carboxylic acid groups (broad SMARTS) is 1. The van der Waals surface area contributed by atoms with E-state index in [9.17, 15) is 9.59 Å². The summed E-state index contributed by atoms with van der Waals surface area (Å²) in [6, 6.07) is 0. The molecule has 1 amide bonds. The number of rotatable bonds is 4. The van der Waals surface area contributed by atoms with Gasteiger partial charge in [0.25, 0.3) is 0 Å².